The minimum absolute atomic E-state index is 0.207. The van der Waals surface area contributed by atoms with E-state index in [0.717, 1.165) is 11.3 Å². The van der Waals surface area contributed by atoms with Gasteiger partial charge in [0.1, 0.15) is 15.7 Å². The maximum absolute atomic E-state index is 14.0. The number of halogens is 1. The minimum atomic E-state index is -0.538. The molecule has 2 aromatic rings. The Morgan fingerprint density at radius 2 is 1.50 bits per heavy atom. The van der Waals surface area contributed by atoms with E-state index in [4.69, 9.17) is 4.74 Å². The summed E-state index contributed by atoms with van der Waals surface area (Å²) in [5.41, 5.74) is 0.360. The van der Waals surface area contributed by atoms with Crippen LogP contribution in [0.2, 0.25) is 0 Å². The number of morpholine rings is 1. The summed E-state index contributed by atoms with van der Waals surface area (Å²) in [4.78, 5) is 46.9. The zero-order chi connectivity index (χ0) is 21.1. The highest BCUT2D eigenvalue weighted by Gasteiger charge is 2.32. The van der Waals surface area contributed by atoms with Gasteiger partial charge in [-0.05, 0) is 12.1 Å². The first-order valence-corrected chi connectivity index (χ1v) is 10.5. The number of hydrogen-bond donors (Lipinski definition) is 0. The summed E-state index contributed by atoms with van der Waals surface area (Å²) in [5.74, 6) is -1.65. The molecular weight excluding hydrogens is 411 g/mol. The van der Waals surface area contributed by atoms with Crippen LogP contribution in [0.4, 0.5) is 4.39 Å². The SMILES string of the molecule is O=C(C(=O)N1CCN(C(=O)c2cnc(-c3ccccc3F)s2)CC1)N1CCOCC1. The number of carbonyl (C=O) groups is 3. The number of piperazine rings is 1. The van der Waals surface area contributed by atoms with Crippen LogP contribution in [-0.2, 0) is 14.3 Å². The average molecular weight is 432 g/mol. The van der Waals surface area contributed by atoms with Gasteiger partial charge in [0.05, 0.1) is 19.4 Å². The molecule has 0 atom stereocenters. The summed E-state index contributed by atoms with van der Waals surface area (Å²) >= 11 is 1.14. The van der Waals surface area contributed by atoms with Crippen molar-refractivity contribution in [1.82, 2.24) is 19.7 Å². The number of hydrogen-bond acceptors (Lipinski definition) is 6. The van der Waals surface area contributed by atoms with Crippen molar-refractivity contribution in [2.24, 2.45) is 0 Å². The summed E-state index contributed by atoms with van der Waals surface area (Å²) in [7, 11) is 0. The molecule has 4 rings (SSSR count). The molecule has 0 radical (unpaired) electrons. The van der Waals surface area contributed by atoms with Crippen molar-refractivity contribution < 1.29 is 23.5 Å². The highest BCUT2D eigenvalue weighted by molar-refractivity contribution is 7.16. The van der Waals surface area contributed by atoms with E-state index in [2.05, 4.69) is 4.98 Å². The smallest absolute Gasteiger partial charge is 0.312 e. The number of carbonyl (C=O) groups excluding carboxylic acids is 3. The molecule has 0 aliphatic carbocycles. The molecule has 3 heterocycles. The van der Waals surface area contributed by atoms with Gasteiger partial charge in [-0.15, -0.1) is 11.3 Å². The lowest BCUT2D eigenvalue weighted by Gasteiger charge is -2.35. The second-order valence-corrected chi connectivity index (χ2v) is 8.03. The van der Waals surface area contributed by atoms with Crippen molar-refractivity contribution in [3.63, 3.8) is 0 Å². The first-order valence-electron chi connectivity index (χ1n) is 9.70. The van der Waals surface area contributed by atoms with E-state index in [1.54, 1.807) is 23.1 Å². The van der Waals surface area contributed by atoms with Gasteiger partial charge in [0.25, 0.3) is 5.91 Å². The standard InChI is InChI=1S/C20H21FN4O4S/c21-15-4-2-1-3-14(15)17-22-13-16(30-17)18(26)23-5-7-24(8-6-23)19(27)20(28)25-9-11-29-12-10-25/h1-4,13H,5-12H2. The quantitative estimate of drug-likeness (QED) is 0.664. The first kappa shape index (κ1) is 20.4. The second-order valence-electron chi connectivity index (χ2n) is 7.00. The number of ether oxygens (including phenoxy) is 1. The molecule has 0 bridgehead atoms. The molecule has 1 aromatic carbocycles. The van der Waals surface area contributed by atoms with Gasteiger partial charge in [0.15, 0.2) is 0 Å². The highest BCUT2D eigenvalue weighted by atomic mass is 32.1. The third-order valence-electron chi connectivity index (χ3n) is 5.16. The Morgan fingerprint density at radius 3 is 2.17 bits per heavy atom. The van der Waals surface area contributed by atoms with E-state index >= 15 is 0 Å². The average Bonchev–Trinajstić information content (AvgIpc) is 3.28. The monoisotopic (exact) mass is 432 g/mol. The summed E-state index contributed by atoms with van der Waals surface area (Å²) in [6.45, 7) is 2.94. The molecule has 10 heteroatoms. The zero-order valence-electron chi connectivity index (χ0n) is 16.3. The van der Waals surface area contributed by atoms with Gasteiger partial charge in [-0.3, -0.25) is 14.4 Å². The van der Waals surface area contributed by atoms with E-state index in [0.29, 0.717) is 67.9 Å². The maximum Gasteiger partial charge on any atom is 0.312 e. The van der Waals surface area contributed by atoms with Crippen molar-refractivity contribution >= 4 is 29.1 Å². The molecule has 0 N–H and O–H groups in total. The van der Waals surface area contributed by atoms with Crippen molar-refractivity contribution in [3.8, 4) is 10.6 Å². The Morgan fingerprint density at radius 1 is 0.900 bits per heavy atom. The molecule has 1 aromatic heterocycles. The first-order chi connectivity index (χ1) is 14.5. The lowest BCUT2D eigenvalue weighted by Crippen LogP contribution is -2.55. The molecule has 2 fully saturated rings. The van der Waals surface area contributed by atoms with Gasteiger partial charge in [-0.2, -0.15) is 0 Å². The summed E-state index contributed by atoms with van der Waals surface area (Å²) in [5, 5.41) is 0.446. The van der Waals surface area contributed by atoms with Crippen LogP contribution in [0.5, 0.6) is 0 Å². The molecule has 2 saturated heterocycles. The Hall–Kier alpha value is -2.85. The number of rotatable bonds is 2. The van der Waals surface area contributed by atoms with Gasteiger partial charge in [-0.25, -0.2) is 9.37 Å². The van der Waals surface area contributed by atoms with E-state index in [1.165, 1.54) is 22.1 Å². The second kappa shape index (κ2) is 8.88. The van der Waals surface area contributed by atoms with Crippen LogP contribution in [0, 0.1) is 5.82 Å². The van der Waals surface area contributed by atoms with E-state index < -0.39 is 11.8 Å². The fourth-order valence-electron chi connectivity index (χ4n) is 3.44. The van der Waals surface area contributed by atoms with Crippen molar-refractivity contribution in [3.05, 3.63) is 41.2 Å². The normalized spacial score (nSPS) is 17.2. The third-order valence-corrected chi connectivity index (χ3v) is 6.17. The number of nitrogens with zero attached hydrogens (tertiary/aromatic N) is 4. The molecule has 2 aliphatic rings. The number of amides is 3. The number of aromatic nitrogens is 1. The van der Waals surface area contributed by atoms with Crippen LogP contribution in [0.1, 0.15) is 9.67 Å². The van der Waals surface area contributed by atoms with Gasteiger partial charge >= 0.3 is 11.8 Å². The number of thiazole rings is 1. The fourth-order valence-corrected chi connectivity index (χ4v) is 4.35. The number of benzene rings is 1. The molecule has 0 unspecified atom stereocenters. The van der Waals surface area contributed by atoms with Crippen molar-refractivity contribution in [1.29, 1.82) is 0 Å². The topological polar surface area (TPSA) is 83.1 Å². The molecular formula is C20H21FN4O4S. The lowest BCUT2D eigenvalue weighted by atomic mass is 10.2. The summed E-state index contributed by atoms with van der Waals surface area (Å²) < 4.78 is 19.2. The van der Waals surface area contributed by atoms with Gasteiger partial charge in [0, 0.05) is 44.8 Å². The maximum atomic E-state index is 14.0. The Kier molecular flexibility index (Phi) is 6.05. The lowest BCUT2D eigenvalue weighted by molar-refractivity contribution is -0.154. The van der Waals surface area contributed by atoms with Crippen LogP contribution < -0.4 is 0 Å². The Labute approximate surface area is 176 Å². The van der Waals surface area contributed by atoms with Crippen LogP contribution in [-0.4, -0.2) is 89.9 Å². The molecule has 0 saturated carbocycles. The van der Waals surface area contributed by atoms with Crippen LogP contribution in [0.3, 0.4) is 0 Å². The van der Waals surface area contributed by atoms with Crippen LogP contribution in [0.15, 0.2) is 30.5 Å². The third kappa shape index (κ3) is 4.19. The van der Waals surface area contributed by atoms with Crippen molar-refractivity contribution in [2.45, 2.75) is 0 Å². The van der Waals surface area contributed by atoms with Gasteiger partial charge in [-0.1, -0.05) is 12.1 Å². The molecule has 30 heavy (non-hydrogen) atoms. The largest absolute Gasteiger partial charge is 0.378 e. The Bertz CT molecular complexity index is 952. The fraction of sp³-hybridized carbons (Fsp3) is 0.400. The molecule has 0 spiro atoms. The predicted octanol–water partition coefficient (Wildman–Crippen LogP) is 1.09. The Balaban J connectivity index is 1.35. The van der Waals surface area contributed by atoms with Crippen LogP contribution >= 0.6 is 11.3 Å². The molecule has 3 amide bonds. The molecule has 158 valence electrons. The summed E-state index contributed by atoms with van der Waals surface area (Å²) in [6, 6.07) is 6.30. The highest BCUT2D eigenvalue weighted by Crippen LogP contribution is 2.28. The van der Waals surface area contributed by atoms with E-state index in [9.17, 15) is 18.8 Å². The van der Waals surface area contributed by atoms with Gasteiger partial charge in [0.2, 0.25) is 0 Å². The van der Waals surface area contributed by atoms with Crippen molar-refractivity contribution in [2.75, 3.05) is 52.5 Å². The summed E-state index contributed by atoms with van der Waals surface area (Å²) in [6.07, 6.45) is 1.45. The van der Waals surface area contributed by atoms with E-state index in [1.807, 2.05) is 0 Å². The molecule has 2 aliphatic heterocycles. The minimum Gasteiger partial charge on any atom is -0.378 e. The van der Waals surface area contributed by atoms with Crippen LogP contribution in [0.25, 0.3) is 10.6 Å². The zero-order valence-corrected chi connectivity index (χ0v) is 17.1. The van der Waals surface area contributed by atoms with Gasteiger partial charge < -0.3 is 19.4 Å². The van der Waals surface area contributed by atoms with E-state index in [-0.39, 0.29) is 11.7 Å². The molecule has 8 nitrogen and oxygen atoms in total. The predicted molar refractivity (Wildman–Crippen MR) is 107 cm³/mol.